The fraction of sp³-hybridized carbons (Fsp3) is 0.600. The molecule has 6 nitrogen and oxygen atoms in total. The number of carbonyl (C=O) groups is 2. The minimum atomic E-state index is -0.332. The molecule has 1 aliphatic heterocycles. The Labute approximate surface area is 124 Å². The summed E-state index contributed by atoms with van der Waals surface area (Å²) in [6.45, 7) is 4.95. The Kier molecular flexibility index (Phi) is 4.88. The van der Waals surface area contributed by atoms with Crippen molar-refractivity contribution >= 4 is 12.1 Å². The molecule has 116 valence electrons. The summed E-state index contributed by atoms with van der Waals surface area (Å²) in [5, 5.41) is 0. The molecule has 0 N–H and O–H groups in total. The van der Waals surface area contributed by atoms with Crippen molar-refractivity contribution < 1.29 is 19.1 Å². The zero-order valence-corrected chi connectivity index (χ0v) is 12.7. The van der Waals surface area contributed by atoms with Gasteiger partial charge in [-0.15, -0.1) is 0 Å². The van der Waals surface area contributed by atoms with E-state index >= 15 is 0 Å². The number of carbonyl (C=O) groups excluding carboxylic acids is 2. The average Bonchev–Trinajstić information content (AvgIpc) is 2.95. The summed E-state index contributed by atoms with van der Waals surface area (Å²) >= 11 is 0. The smallest absolute Gasteiger partial charge is 0.410 e. The quantitative estimate of drug-likeness (QED) is 0.803. The average molecular weight is 294 g/mol. The van der Waals surface area contributed by atoms with Crippen molar-refractivity contribution in [3.05, 3.63) is 24.0 Å². The predicted molar refractivity (Wildman–Crippen MR) is 77.2 cm³/mol. The van der Waals surface area contributed by atoms with Gasteiger partial charge in [0.05, 0.1) is 13.2 Å². The van der Waals surface area contributed by atoms with E-state index in [4.69, 9.17) is 9.47 Å². The first-order chi connectivity index (χ1) is 10.0. The van der Waals surface area contributed by atoms with E-state index in [1.54, 1.807) is 11.0 Å². The van der Waals surface area contributed by atoms with Gasteiger partial charge in [0.25, 0.3) is 0 Å². The van der Waals surface area contributed by atoms with Gasteiger partial charge in [0, 0.05) is 25.3 Å². The van der Waals surface area contributed by atoms with Crippen molar-refractivity contribution in [2.75, 3.05) is 20.2 Å². The lowest BCUT2D eigenvalue weighted by Crippen LogP contribution is -2.40. The van der Waals surface area contributed by atoms with Gasteiger partial charge in [-0.05, 0) is 38.8 Å². The van der Waals surface area contributed by atoms with Gasteiger partial charge in [0.2, 0.25) is 0 Å². The first kappa shape index (κ1) is 15.4. The van der Waals surface area contributed by atoms with E-state index in [0.29, 0.717) is 18.8 Å². The Morgan fingerprint density at radius 1 is 1.29 bits per heavy atom. The Balaban J connectivity index is 1.97. The first-order valence-electron chi connectivity index (χ1n) is 7.23. The third-order valence-corrected chi connectivity index (χ3v) is 3.63. The second kappa shape index (κ2) is 6.65. The molecule has 1 fully saturated rings. The molecular weight excluding hydrogens is 272 g/mol. The van der Waals surface area contributed by atoms with Crippen LogP contribution in [0.3, 0.4) is 0 Å². The van der Waals surface area contributed by atoms with E-state index < -0.39 is 0 Å². The van der Waals surface area contributed by atoms with Crippen LogP contribution in [0.2, 0.25) is 0 Å². The van der Waals surface area contributed by atoms with E-state index in [-0.39, 0.29) is 24.2 Å². The van der Waals surface area contributed by atoms with Gasteiger partial charge < -0.3 is 18.9 Å². The lowest BCUT2D eigenvalue weighted by molar-refractivity contribution is 0.0563. The molecule has 1 saturated heterocycles. The van der Waals surface area contributed by atoms with E-state index in [0.717, 1.165) is 12.8 Å². The summed E-state index contributed by atoms with van der Waals surface area (Å²) in [6, 6.07) is 3.80. The standard InChI is InChI=1S/C15H22N2O4/c1-11(2)21-15(19)16-9-6-12(7-10-16)17-8-4-5-13(17)14(18)20-3/h4-5,8,11-12H,6-7,9-10H2,1-3H3. The molecule has 0 bridgehead atoms. The molecule has 0 radical (unpaired) electrons. The number of esters is 1. The van der Waals surface area contributed by atoms with Gasteiger partial charge in [0.15, 0.2) is 0 Å². The Morgan fingerprint density at radius 2 is 1.95 bits per heavy atom. The van der Waals surface area contributed by atoms with Gasteiger partial charge in [-0.3, -0.25) is 0 Å². The Hall–Kier alpha value is -1.98. The molecule has 6 heteroatoms. The Bertz CT molecular complexity index is 502. The van der Waals surface area contributed by atoms with Crippen LogP contribution in [0.25, 0.3) is 0 Å². The number of ether oxygens (including phenoxy) is 2. The fourth-order valence-electron chi connectivity index (χ4n) is 2.59. The molecule has 1 amide bonds. The van der Waals surface area contributed by atoms with Crippen molar-refractivity contribution in [1.29, 1.82) is 0 Å². The minimum Gasteiger partial charge on any atom is -0.464 e. The number of piperidine rings is 1. The normalized spacial score (nSPS) is 16.1. The zero-order chi connectivity index (χ0) is 15.4. The predicted octanol–water partition coefficient (Wildman–Crippen LogP) is 2.46. The van der Waals surface area contributed by atoms with Crippen molar-refractivity contribution in [1.82, 2.24) is 9.47 Å². The molecule has 1 aromatic rings. The molecule has 0 atom stereocenters. The van der Waals surface area contributed by atoms with Crippen molar-refractivity contribution in [3.8, 4) is 0 Å². The highest BCUT2D eigenvalue weighted by Crippen LogP contribution is 2.25. The van der Waals surface area contributed by atoms with Crippen LogP contribution in [0.1, 0.15) is 43.2 Å². The van der Waals surface area contributed by atoms with E-state index in [9.17, 15) is 9.59 Å². The first-order valence-corrected chi connectivity index (χ1v) is 7.23. The molecule has 0 aliphatic carbocycles. The minimum absolute atomic E-state index is 0.106. The monoisotopic (exact) mass is 294 g/mol. The summed E-state index contributed by atoms with van der Waals surface area (Å²) in [7, 11) is 1.38. The van der Waals surface area contributed by atoms with Crippen LogP contribution in [0.5, 0.6) is 0 Å². The summed E-state index contributed by atoms with van der Waals surface area (Å²) in [5.41, 5.74) is 0.556. The van der Waals surface area contributed by atoms with Gasteiger partial charge in [-0.2, -0.15) is 0 Å². The van der Waals surface area contributed by atoms with Gasteiger partial charge in [0.1, 0.15) is 5.69 Å². The highest BCUT2D eigenvalue weighted by atomic mass is 16.6. The molecule has 1 aliphatic rings. The third kappa shape index (κ3) is 3.56. The summed E-state index contributed by atoms with van der Waals surface area (Å²) in [6.07, 6.45) is 3.12. The lowest BCUT2D eigenvalue weighted by atomic mass is 10.1. The van der Waals surface area contributed by atoms with E-state index in [1.807, 2.05) is 30.7 Å². The maximum Gasteiger partial charge on any atom is 0.410 e. The number of methoxy groups -OCH3 is 1. The summed E-state index contributed by atoms with van der Waals surface area (Å²) in [4.78, 5) is 25.3. The van der Waals surface area contributed by atoms with Crippen molar-refractivity contribution in [2.45, 2.75) is 38.8 Å². The van der Waals surface area contributed by atoms with Gasteiger partial charge >= 0.3 is 12.1 Å². The number of rotatable bonds is 3. The number of hydrogen-bond donors (Lipinski definition) is 0. The maximum absolute atomic E-state index is 11.8. The maximum atomic E-state index is 11.8. The molecule has 2 heterocycles. The second-order valence-electron chi connectivity index (χ2n) is 5.44. The second-order valence-corrected chi connectivity index (χ2v) is 5.44. The van der Waals surface area contributed by atoms with Crippen LogP contribution in [0.4, 0.5) is 4.79 Å². The molecule has 0 spiro atoms. The van der Waals surface area contributed by atoms with Crippen LogP contribution in [0.15, 0.2) is 18.3 Å². The highest BCUT2D eigenvalue weighted by Gasteiger charge is 2.27. The molecule has 0 aromatic carbocycles. The molecule has 1 aromatic heterocycles. The number of likely N-dealkylation sites (tertiary alicyclic amines) is 1. The van der Waals surface area contributed by atoms with E-state index in [1.165, 1.54) is 7.11 Å². The highest BCUT2D eigenvalue weighted by molar-refractivity contribution is 5.87. The van der Waals surface area contributed by atoms with Crippen molar-refractivity contribution in [3.63, 3.8) is 0 Å². The van der Waals surface area contributed by atoms with Crippen LogP contribution >= 0.6 is 0 Å². The number of amides is 1. The van der Waals surface area contributed by atoms with Crippen LogP contribution in [0, 0.1) is 0 Å². The number of nitrogens with zero attached hydrogens (tertiary/aromatic N) is 2. The Morgan fingerprint density at radius 3 is 2.52 bits per heavy atom. The van der Waals surface area contributed by atoms with Gasteiger partial charge in [-0.25, -0.2) is 9.59 Å². The molecule has 0 saturated carbocycles. The fourth-order valence-corrected chi connectivity index (χ4v) is 2.59. The molecule has 0 unspecified atom stereocenters. The van der Waals surface area contributed by atoms with Crippen LogP contribution in [-0.4, -0.2) is 47.8 Å². The largest absolute Gasteiger partial charge is 0.464 e. The molecular formula is C15H22N2O4. The van der Waals surface area contributed by atoms with E-state index in [2.05, 4.69) is 0 Å². The van der Waals surface area contributed by atoms with Crippen LogP contribution < -0.4 is 0 Å². The van der Waals surface area contributed by atoms with Gasteiger partial charge in [-0.1, -0.05) is 0 Å². The molecule has 21 heavy (non-hydrogen) atoms. The van der Waals surface area contributed by atoms with Crippen LogP contribution in [-0.2, 0) is 9.47 Å². The summed E-state index contributed by atoms with van der Waals surface area (Å²) in [5.74, 6) is -0.332. The SMILES string of the molecule is COC(=O)c1cccn1C1CCN(C(=O)OC(C)C)CC1. The lowest BCUT2D eigenvalue weighted by Gasteiger charge is -2.33. The topological polar surface area (TPSA) is 60.8 Å². The van der Waals surface area contributed by atoms with Crippen molar-refractivity contribution in [2.24, 2.45) is 0 Å². The molecule has 2 rings (SSSR count). The zero-order valence-electron chi connectivity index (χ0n) is 12.7. The third-order valence-electron chi connectivity index (χ3n) is 3.63. The summed E-state index contributed by atoms with van der Waals surface area (Å²) < 4.78 is 11.9. The number of aromatic nitrogens is 1. The number of hydrogen-bond acceptors (Lipinski definition) is 4.